The molecule has 0 fully saturated rings. The number of hydrogen-bond donors (Lipinski definition) is 1. The highest BCUT2D eigenvalue weighted by Crippen LogP contribution is 2.03. The van der Waals surface area contributed by atoms with Crippen molar-refractivity contribution < 1.29 is 4.79 Å². The Morgan fingerprint density at radius 2 is 2.67 bits per heavy atom. The van der Waals surface area contributed by atoms with Crippen molar-refractivity contribution in [1.29, 1.82) is 5.26 Å². The van der Waals surface area contributed by atoms with Gasteiger partial charge in [0.05, 0.1) is 6.07 Å². The summed E-state index contributed by atoms with van der Waals surface area (Å²) in [6, 6.07) is 1.43. The van der Waals surface area contributed by atoms with Gasteiger partial charge in [0.2, 0.25) is 0 Å². The first-order valence-electron chi connectivity index (χ1n) is 3.34. The molecular weight excluding hydrogens is 174 g/mol. The normalized spacial score (nSPS) is 11.7. The Labute approximate surface area is 73.9 Å². The number of nitriles is 1. The number of nitrogens with zero attached hydrogens (tertiary/aromatic N) is 2. The van der Waals surface area contributed by atoms with Crippen LogP contribution in [0.2, 0.25) is 0 Å². The quantitative estimate of drug-likeness (QED) is 0.733. The van der Waals surface area contributed by atoms with E-state index in [0.29, 0.717) is 5.01 Å². The van der Waals surface area contributed by atoms with Crippen LogP contribution in [0.25, 0.3) is 0 Å². The minimum atomic E-state index is -0.471. The number of thiazole rings is 1. The van der Waals surface area contributed by atoms with Crippen molar-refractivity contribution in [2.24, 2.45) is 0 Å². The highest BCUT2D eigenvalue weighted by Gasteiger charge is 2.10. The lowest BCUT2D eigenvalue weighted by molar-refractivity contribution is 0.0947. The predicted octanol–water partition coefficient (Wildman–Crippen LogP) is 0.785. The maximum atomic E-state index is 11.2. The molecule has 0 saturated heterocycles. The van der Waals surface area contributed by atoms with Crippen molar-refractivity contribution in [3.05, 3.63) is 16.6 Å². The predicted molar refractivity (Wildman–Crippen MR) is 44.7 cm³/mol. The summed E-state index contributed by atoms with van der Waals surface area (Å²) < 4.78 is 0. The van der Waals surface area contributed by atoms with Crippen molar-refractivity contribution in [1.82, 2.24) is 10.3 Å². The maximum absolute atomic E-state index is 11.2. The molecule has 4 nitrogen and oxygen atoms in total. The minimum absolute atomic E-state index is 0.293. The van der Waals surface area contributed by atoms with Gasteiger partial charge in [-0.25, -0.2) is 4.98 Å². The van der Waals surface area contributed by atoms with E-state index in [1.54, 1.807) is 18.5 Å². The summed E-state index contributed by atoms with van der Waals surface area (Å²) >= 11 is 1.25. The number of carbonyl (C=O) groups is 1. The van der Waals surface area contributed by atoms with E-state index in [1.807, 2.05) is 6.07 Å². The van der Waals surface area contributed by atoms with E-state index in [1.165, 1.54) is 11.3 Å². The van der Waals surface area contributed by atoms with Crippen molar-refractivity contribution >= 4 is 17.2 Å². The molecule has 0 aliphatic heterocycles. The summed E-state index contributed by atoms with van der Waals surface area (Å²) in [6.07, 6.45) is 1.55. The fourth-order valence-corrected chi connectivity index (χ4v) is 1.16. The Hall–Kier alpha value is -1.41. The molecule has 0 spiro atoms. The molecule has 0 aromatic carbocycles. The van der Waals surface area contributed by atoms with Gasteiger partial charge < -0.3 is 5.32 Å². The highest BCUT2D eigenvalue weighted by atomic mass is 32.1. The molecule has 1 rings (SSSR count). The molecule has 0 aliphatic rings. The van der Waals surface area contributed by atoms with Crippen LogP contribution >= 0.6 is 11.3 Å². The third kappa shape index (κ3) is 2.04. The molecular formula is C7H7N3OS. The van der Waals surface area contributed by atoms with Crippen LogP contribution in [0.15, 0.2) is 11.6 Å². The lowest BCUT2D eigenvalue weighted by Crippen LogP contribution is -2.31. The summed E-state index contributed by atoms with van der Waals surface area (Å²) in [5.74, 6) is -0.293. The number of carbonyl (C=O) groups excluding carboxylic acids is 1. The van der Waals surface area contributed by atoms with Crippen molar-refractivity contribution in [3.63, 3.8) is 0 Å². The standard InChI is InChI=1S/C7H7N3OS/c1-5(4-8)10-6(11)7-9-2-3-12-7/h2-3,5H,1H3,(H,10,11)/t5-/m0/s1. The van der Waals surface area contributed by atoms with Gasteiger partial charge in [-0.1, -0.05) is 0 Å². The zero-order chi connectivity index (χ0) is 8.97. The molecule has 0 saturated carbocycles. The van der Waals surface area contributed by atoms with E-state index >= 15 is 0 Å². The molecule has 12 heavy (non-hydrogen) atoms. The van der Waals surface area contributed by atoms with E-state index in [0.717, 1.165) is 0 Å². The second-order valence-corrected chi connectivity index (χ2v) is 3.06. The lowest BCUT2D eigenvalue weighted by atomic mass is 10.4. The highest BCUT2D eigenvalue weighted by molar-refractivity contribution is 7.11. The minimum Gasteiger partial charge on any atom is -0.334 e. The number of aromatic nitrogens is 1. The first kappa shape index (κ1) is 8.68. The van der Waals surface area contributed by atoms with E-state index in [9.17, 15) is 4.79 Å². The first-order valence-corrected chi connectivity index (χ1v) is 4.22. The van der Waals surface area contributed by atoms with Gasteiger partial charge in [-0.05, 0) is 6.92 Å². The maximum Gasteiger partial charge on any atom is 0.281 e. The lowest BCUT2D eigenvalue weighted by Gasteiger charge is -2.02. The Morgan fingerprint density at radius 3 is 3.17 bits per heavy atom. The molecule has 62 valence electrons. The van der Waals surface area contributed by atoms with Crippen LogP contribution in [0.5, 0.6) is 0 Å². The molecule has 0 radical (unpaired) electrons. The fraction of sp³-hybridized carbons (Fsp3) is 0.286. The SMILES string of the molecule is C[C@@H](C#N)NC(=O)c1nccs1. The van der Waals surface area contributed by atoms with E-state index in [4.69, 9.17) is 5.26 Å². The molecule has 1 N–H and O–H groups in total. The number of hydrogen-bond acceptors (Lipinski definition) is 4. The van der Waals surface area contributed by atoms with Crippen LogP contribution in [0.1, 0.15) is 16.7 Å². The number of nitrogens with one attached hydrogen (secondary N) is 1. The topological polar surface area (TPSA) is 65.8 Å². The van der Waals surface area contributed by atoms with Gasteiger partial charge in [0, 0.05) is 11.6 Å². The molecule has 1 atom stereocenters. The van der Waals surface area contributed by atoms with Crippen molar-refractivity contribution in [2.75, 3.05) is 0 Å². The molecule has 1 heterocycles. The van der Waals surface area contributed by atoms with Crippen LogP contribution in [-0.4, -0.2) is 16.9 Å². The van der Waals surface area contributed by atoms with Crippen LogP contribution < -0.4 is 5.32 Å². The van der Waals surface area contributed by atoms with Gasteiger partial charge in [-0.2, -0.15) is 5.26 Å². The van der Waals surface area contributed by atoms with Crippen molar-refractivity contribution in [2.45, 2.75) is 13.0 Å². The Morgan fingerprint density at radius 1 is 1.92 bits per heavy atom. The monoisotopic (exact) mass is 181 g/mol. The molecule has 0 bridgehead atoms. The molecule has 0 aliphatic carbocycles. The molecule has 1 aromatic heterocycles. The third-order valence-corrected chi connectivity index (χ3v) is 1.94. The van der Waals surface area contributed by atoms with Gasteiger partial charge in [0.25, 0.3) is 5.91 Å². The number of rotatable bonds is 2. The summed E-state index contributed by atoms with van der Waals surface area (Å²) in [5, 5.41) is 13.0. The van der Waals surface area contributed by atoms with Crippen LogP contribution in [-0.2, 0) is 0 Å². The molecule has 5 heteroatoms. The van der Waals surface area contributed by atoms with Gasteiger partial charge in [0.1, 0.15) is 6.04 Å². The second kappa shape index (κ2) is 3.83. The Kier molecular flexibility index (Phi) is 2.77. The average molecular weight is 181 g/mol. The zero-order valence-corrected chi connectivity index (χ0v) is 7.26. The van der Waals surface area contributed by atoms with Gasteiger partial charge in [-0.3, -0.25) is 4.79 Å². The van der Waals surface area contributed by atoms with Crippen LogP contribution in [0.4, 0.5) is 0 Å². The number of amides is 1. The van der Waals surface area contributed by atoms with E-state index in [2.05, 4.69) is 10.3 Å². The van der Waals surface area contributed by atoms with Gasteiger partial charge in [0.15, 0.2) is 5.01 Å². The van der Waals surface area contributed by atoms with Crippen LogP contribution in [0.3, 0.4) is 0 Å². The van der Waals surface area contributed by atoms with Crippen LogP contribution in [0, 0.1) is 11.3 Å². The Bertz CT molecular complexity index is 301. The second-order valence-electron chi connectivity index (χ2n) is 2.16. The average Bonchev–Trinajstić information content (AvgIpc) is 2.56. The third-order valence-electron chi connectivity index (χ3n) is 1.17. The van der Waals surface area contributed by atoms with Gasteiger partial charge >= 0.3 is 0 Å². The largest absolute Gasteiger partial charge is 0.334 e. The molecule has 1 amide bonds. The first-order chi connectivity index (χ1) is 5.74. The Balaban J connectivity index is 2.57. The summed E-state index contributed by atoms with van der Waals surface area (Å²) in [6.45, 7) is 1.62. The molecule has 0 unspecified atom stereocenters. The zero-order valence-electron chi connectivity index (χ0n) is 6.44. The smallest absolute Gasteiger partial charge is 0.281 e. The van der Waals surface area contributed by atoms with Crippen molar-refractivity contribution in [3.8, 4) is 6.07 Å². The van der Waals surface area contributed by atoms with E-state index in [-0.39, 0.29) is 5.91 Å². The summed E-state index contributed by atoms with van der Waals surface area (Å²) in [4.78, 5) is 15.0. The van der Waals surface area contributed by atoms with E-state index < -0.39 is 6.04 Å². The summed E-state index contributed by atoms with van der Waals surface area (Å²) in [5.41, 5.74) is 0. The fourth-order valence-electron chi connectivity index (χ4n) is 0.626. The summed E-state index contributed by atoms with van der Waals surface area (Å²) in [7, 11) is 0. The molecule has 1 aromatic rings. The van der Waals surface area contributed by atoms with Gasteiger partial charge in [-0.15, -0.1) is 11.3 Å².